The normalized spacial score (nSPS) is 10.2. The van der Waals surface area contributed by atoms with Crippen molar-refractivity contribution in [1.29, 1.82) is 5.26 Å². The molecule has 0 amide bonds. The lowest BCUT2D eigenvalue weighted by Crippen LogP contribution is -2.05. The molecule has 0 fully saturated rings. The van der Waals surface area contributed by atoms with E-state index in [0.717, 1.165) is 6.42 Å². The first-order valence-electron chi connectivity index (χ1n) is 6.85. The number of halogens is 2. The van der Waals surface area contributed by atoms with Gasteiger partial charge in [0.2, 0.25) is 0 Å². The number of hydrogen-bond donors (Lipinski definition) is 1. The molecular weight excluding hydrogens is 306 g/mol. The zero-order valence-electron chi connectivity index (χ0n) is 12.3. The van der Waals surface area contributed by atoms with Gasteiger partial charge in [-0.2, -0.15) is 14.0 Å². The molecule has 0 unspecified atom stereocenters. The summed E-state index contributed by atoms with van der Waals surface area (Å²) in [5, 5.41) is 18.7. The van der Waals surface area contributed by atoms with Crippen LogP contribution >= 0.6 is 0 Å². The van der Waals surface area contributed by atoms with E-state index < -0.39 is 6.61 Å². The van der Waals surface area contributed by atoms with Gasteiger partial charge >= 0.3 is 6.61 Å². The molecule has 120 valence electrons. The lowest BCUT2D eigenvalue weighted by atomic mass is 10.1. The Morgan fingerprint density at radius 1 is 1.22 bits per heavy atom. The molecule has 0 aliphatic heterocycles. The smallest absolute Gasteiger partial charge is 0.387 e. The number of ether oxygens (including phenoxy) is 2. The highest BCUT2D eigenvalue weighted by molar-refractivity contribution is 5.64. The van der Waals surface area contributed by atoms with Crippen molar-refractivity contribution < 1.29 is 18.3 Å². The molecule has 0 bridgehead atoms. The predicted molar refractivity (Wildman–Crippen MR) is 79.1 cm³/mol. The Kier molecular flexibility index (Phi) is 5.63. The number of anilines is 1. The molecule has 2 rings (SSSR count). The fourth-order valence-corrected chi connectivity index (χ4v) is 1.80. The fraction of sp³-hybridized carbons (Fsp3) is 0.267. The second-order valence-corrected chi connectivity index (χ2v) is 4.43. The van der Waals surface area contributed by atoms with Crippen molar-refractivity contribution in [3.05, 3.63) is 30.3 Å². The third-order valence-electron chi connectivity index (χ3n) is 2.77. The molecule has 8 heteroatoms. The first-order chi connectivity index (χ1) is 11.1. The highest BCUT2D eigenvalue weighted by Crippen LogP contribution is 2.33. The van der Waals surface area contributed by atoms with Crippen LogP contribution in [0.15, 0.2) is 30.3 Å². The predicted octanol–water partition coefficient (Wildman–Crippen LogP) is 3.43. The summed E-state index contributed by atoms with van der Waals surface area (Å²) in [6, 6.07) is 7.78. The van der Waals surface area contributed by atoms with Gasteiger partial charge in [-0.15, -0.1) is 10.2 Å². The Labute approximate surface area is 131 Å². The van der Waals surface area contributed by atoms with Crippen molar-refractivity contribution in [2.75, 3.05) is 11.9 Å². The number of aromatic nitrogens is 2. The van der Waals surface area contributed by atoms with Crippen LogP contribution in [0, 0.1) is 11.5 Å². The maximum Gasteiger partial charge on any atom is 0.387 e. The molecular formula is C15H14F2N4O2. The molecule has 1 N–H and O–H groups in total. The van der Waals surface area contributed by atoms with Gasteiger partial charge in [0, 0.05) is 5.56 Å². The van der Waals surface area contributed by atoms with Gasteiger partial charge in [0.1, 0.15) is 0 Å². The van der Waals surface area contributed by atoms with Gasteiger partial charge in [0.05, 0.1) is 12.3 Å². The average Bonchev–Trinajstić information content (AvgIpc) is 2.54. The number of benzene rings is 1. The molecule has 0 saturated carbocycles. The Balaban J connectivity index is 2.29. The molecule has 1 aromatic heterocycles. The molecule has 1 heterocycles. The molecule has 0 atom stereocenters. The molecule has 6 nitrogen and oxygen atoms in total. The summed E-state index contributed by atoms with van der Waals surface area (Å²) < 4.78 is 34.8. The van der Waals surface area contributed by atoms with Crippen molar-refractivity contribution in [3.63, 3.8) is 0 Å². The van der Waals surface area contributed by atoms with Crippen molar-refractivity contribution in [2.45, 2.75) is 20.0 Å². The summed E-state index contributed by atoms with van der Waals surface area (Å²) >= 11 is 0. The van der Waals surface area contributed by atoms with E-state index in [1.807, 2.05) is 6.92 Å². The van der Waals surface area contributed by atoms with Crippen molar-refractivity contribution in [1.82, 2.24) is 10.2 Å². The van der Waals surface area contributed by atoms with Crippen molar-refractivity contribution in [3.8, 4) is 28.9 Å². The molecule has 0 spiro atoms. The zero-order valence-corrected chi connectivity index (χ0v) is 12.3. The quantitative estimate of drug-likeness (QED) is 0.622. The van der Waals surface area contributed by atoms with Gasteiger partial charge in [-0.05, 0) is 36.8 Å². The summed E-state index contributed by atoms with van der Waals surface area (Å²) in [7, 11) is 0. The number of nitrogens with zero attached hydrogens (tertiary/aromatic N) is 3. The highest BCUT2D eigenvalue weighted by atomic mass is 19.3. The Bertz CT molecular complexity index is 687. The minimum atomic E-state index is -2.93. The standard InChI is InChI=1S/C15H14F2N4O2/c1-2-7-22-13-8-10(3-5-12(13)23-15(16)17)11-4-6-14(19-9-18)21-20-11/h3-6,8,15H,2,7H2,1H3,(H,19,21). The van der Waals surface area contributed by atoms with Gasteiger partial charge in [-0.25, -0.2) is 0 Å². The molecule has 1 aromatic carbocycles. The van der Waals surface area contributed by atoms with Crippen LogP contribution in [0.25, 0.3) is 11.3 Å². The molecule has 23 heavy (non-hydrogen) atoms. The molecule has 0 aliphatic rings. The van der Waals surface area contributed by atoms with Gasteiger partial charge in [-0.3, -0.25) is 5.32 Å². The van der Waals surface area contributed by atoms with Crippen LogP contribution in [0.3, 0.4) is 0 Å². The number of hydrogen-bond acceptors (Lipinski definition) is 6. The van der Waals surface area contributed by atoms with Gasteiger partial charge < -0.3 is 9.47 Å². The molecule has 0 aliphatic carbocycles. The first kappa shape index (κ1) is 16.4. The van der Waals surface area contributed by atoms with E-state index in [1.165, 1.54) is 6.07 Å². The summed E-state index contributed by atoms with van der Waals surface area (Å²) in [6.07, 6.45) is 2.47. The average molecular weight is 320 g/mol. The van der Waals surface area contributed by atoms with E-state index in [0.29, 0.717) is 23.7 Å². The fourth-order valence-electron chi connectivity index (χ4n) is 1.80. The molecule has 0 radical (unpaired) electrons. The van der Waals surface area contributed by atoms with E-state index in [2.05, 4.69) is 20.3 Å². The maximum atomic E-state index is 12.4. The third-order valence-corrected chi connectivity index (χ3v) is 2.77. The topological polar surface area (TPSA) is 80.1 Å². The van der Waals surface area contributed by atoms with Crippen molar-refractivity contribution in [2.24, 2.45) is 0 Å². The van der Waals surface area contributed by atoms with E-state index in [4.69, 9.17) is 10.00 Å². The second kappa shape index (κ2) is 7.89. The first-order valence-corrected chi connectivity index (χ1v) is 6.85. The minimum absolute atomic E-state index is 0.0343. The van der Waals surface area contributed by atoms with E-state index in [9.17, 15) is 8.78 Å². The Hall–Kier alpha value is -2.95. The third kappa shape index (κ3) is 4.51. The van der Waals surface area contributed by atoms with Crippen LogP contribution in [0.4, 0.5) is 14.6 Å². The number of nitrogens with one attached hydrogen (secondary N) is 1. The van der Waals surface area contributed by atoms with Gasteiger partial charge in [0.25, 0.3) is 0 Å². The van der Waals surface area contributed by atoms with Crippen LogP contribution in [0.2, 0.25) is 0 Å². The van der Waals surface area contributed by atoms with Gasteiger partial charge in [-0.1, -0.05) is 6.92 Å². The number of nitriles is 1. The summed E-state index contributed by atoms with van der Waals surface area (Å²) in [6.45, 7) is -0.648. The van der Waals surface area contributed by atoms with Crippen molar-refractivity contribution >= 4 is 5.82 Å². The lowest BCUT2D eigenvalue weighted by Gasteiger charge is -2.13. The number of rotatable bonds is 7. The summed E-state index contributed by atoms with van der Waals surface area (Å²) in [5.74, 6) is 0.495. The van der Waals surface area contributed by atoms with Crippen LogP contribution in [0.5, 0.6) is 11.5 Å². The number of alkyl halides is 2. The van der Waals surface area contributed by atoms with Gasteiger partial charge in [0.15, 0.2) is 23.5 Å². The second-order valence-electron chi connectivity index (χ2n) is 4.43. The summed E-state index contributed by atoms with van der Waals surface area (Å²) in [5.41, 5.74) is 1.15. The van der Waals surface area contributed by atoms with Crippen LogP contribution < -0.4 is 14.8 Å². The van der Waals surface area contributed by atoms with Crippen LogP contribution in [-0.2, 0) is 0 Å². The van der Waals surface area contributed by atoms with Crippen LogP contribution in [-0.4, -0.2) is 23.4 Å². The minimum Gasteiger partial charge on any atom is -0.490 e. The maximum absolute atomic E-state index is 12.4. The zero-order chi connectivity index (χ0) is 16.7. The van der Waals surface area contributed by atoms with Crippen LogP contribution in [0.1, 0.15) is 13.3 Å². The molecule has 0 saturated heterocycles. The van der Waals surface area contributed by atoms with E-state index >= 15 is 0 Å². The monoisotopic (exact) mass is 320 g/mol. The Morgan fingerprint density at radius 3 is 2.65 bits per heavy atom. The molecule has 2 aromatic rings. The lowest BCUT2D eigenvalue weighted by molar-refractivity contribution is -0.0514. The highest BCUT2D eigenvalue weighted by Gasteiger charge is 2.13. The largest absolute Gasteiger partial charge is 0.490 e. The SMILES string of the molecule is CCCOc1cc(-c2ccc(NC#N)nn2)ccc1OC(F)F. The summed E-state index contributed by atoms with van der Waals surface area (Å²) in [4.78, 5) is 0. The Morgan fingerprint density at radius 2 is 2.04 bits per heavy atom. The van der Waals surface area contributed by atoms with E-state index in [-0.39, 0.29) is 11.5 Å². The van der Waals surface area contributed by atoms with E-state index in [1.54, 1.807) is 30.5 Å².